The van der Waals surface area contributed by atoms with Gasteiger partial charge < -0.3 is 23.7 Å². The molecule has 0 bridgehead atoms. The number of rotatable bonds is 5. The molecule has 1 aliphatic carbocycles. The quantitative estimate of drug-likeness (QED) is 0.576. The molecular formula is C19H23F2IO5. The average Bonchev–Trinajstić information content (AvgIpc) is 2.66. The lowest BCUT2D eigenvalue weighted by molar-refractivity contribution is -0.467. The zero-order valence-electron chi connectivity index (χ0n) is 15.6. The Morgan fingerprint density at radius 2 is 1.63 bits per heavy atom. The van der Waals surface area contributed by atoms with Crippen molar-refractivity contribution >= 4 is 22.6 Å². The molecule has 3 rings (SSSR count). The summed E-state index contributed by atoms with van der Waals surface area (Å²) in [6.07, 6.45) is -1.96. The van der Waals surface area contributed by atoms with Crippen LogP contribution in [0, 0.1) is 0 Å². The third-order valence-electron chi connectivity index (χ3n) is 5.21. The maximum atomic E-state index is 14.9. The van der Waals surface area contributed by atoms with Crippen LogP contribution in [-0.2, 0) is 30.3 Å². The fraction of sp³-hybridized carbons (Fsp3) is 0.579. The zero-order chi connectivity index (χ0) is 19.9. The second-order valence-electron chi connectivity index (χ2n) is 6.82. The normalized spacial score (nSPS) is 38.2. The Balaban J connectivity index is 1.91. The minimum Gasteiger partial charge on any atom is -0.367 e. The number of fused-ring (bicyclic) bond motifs is 1. The lowest BCUT2D eigenvalue weighted by Crippen LogP contribution is -2.71. The van der Waals surface area contributed by atoms with E-state index in [1.807, 2.05) is 30.3 Å². The molecule has 0 N–H and O–H groups in total. The first-order valence-corrected chi connectivity index (χ1v) is 9.62. The fourth-order valence-corrected chi connectivity index (χ4v) is 3.89. The Hall–Kier alpha value is -0.650. The van der Waals surface area contributed by atoms with Crippen molar-refractivity contribution in [2.45, 2.75) is 56.3 Å². The van der Waals surface area contributed by atoms with E-state index in [0.717, 1.165) is 5.56 Å². The molecule has 0 radical (unpaired) electrons. The Morgan fingerprint density at radius 1 is 1.04 bits per heavy atom. The zero-order valence-corrected chi connectivity index (χ0v) is 17.7. The van der Waals surface area contributed by atoms with Crippen molar-refractivity contribution in [3.8, 4) is 0 Å². The van der Waals surface area contributed by atoms with Gasteiger partial charge in [-0.15, -0.1) is 0 Å². The molecule has 1 fully saturated rings. The topological polar surface area (TPSA) is 46.2 Å². The summed E-state index contributed by atoms with van der Waals surface area (Å²) in [7, 11) is 2.79. The van der Waals surface area contributed by atoms with Crippen LogP contribution < -0.4 is 0 Å². The van der Waals surface area contributed by atoms with Gasteiger partial charge in [-0.2, -0.15) is 8.78 Å². The van der Waals surface area contributed by atoms with Crippen molar-refractivity contribution in [1.82, 2.24) is 0 Å². The number of ether oxygens (including phenoxy) is 5. The Labute approximate surface area is 171 Å². The van der Waals surface area contributed by atoms with Crippen LogP contribution in [0.3, 0.4) is 0 Å². The third kappa shape index (κ3) is 3.67. The molecule has 1 aromatic carbocycles. The molecular weight excluding hydrogens is 473 g/mol. The van der Waals surface area contributed by atoms with Crippen LogP contribution in [0.4, 0.5) is 8.78 Å². The van der Waals surface area contributed by atoms with E-state index in [2.05, 4.69) is 0 Å². The third-order valence-corrected chi connectivity index (χ3v) is 6.29. The van der Waals surface area contributed by atoms with Crippen LogP contribution in [0.1, 0.15) is 19.4 Å². The molecule has 1 saturated heterocycles. The van der Waals surface area contributed by atoms with Gasteiger partial charge >= 0.3 is 5.92 Å². The SMILES string of the molecule is CO[C@@]1(C)O[C@@H]2[C@H](OCc3ccccc3)C=C(I)C(F)(F)[C@H]2O[C@]1(C)OC. The molecule has 1 aromatic rings. The summed E-state index contributed by atoms with van der Waals surface area (Å²) in [6, 6.07) is 9.49. The van der Waals surface area contributed by atoms with Gasteiger partial charge in [0.25, 0.3) is 0 Å². The molecule has 1 aliphatic heterocycles. The van der Waals surface area contributed by atoms with Crippen LogP contribution >= 0.6 is 22.6 Å². The van der Waals surface area contributed by atoms with Crippen molar-refractivity contribution in [2.75, 3.05) is 14.2 Å². The molecule has 0 unspecified atom stereocenters. The molecule has 0 spiro atoms. The summed E-state index contributed by atoms with van der Waals surface area (Å²) < 4.78 is 58.1. The lowest BCUT2D eigenvalue weighted by Gasteiger charge is -2.55. The Bertz CT molecular complexity index is 701. The van der Waals surface area contributed by atoms with E-state index in [4.69, 9.17) is 23.7 Å². The maximum Gasteiger partial charge on any atom is 0.306 e. The first kappa shape index (κ1) is 21.1. The van der Waals surface area contributed by atoms with Gasteiger partial charge in [-0.25, -0.2) is 0 Å². The Kier molecular flexibility index (Phi) is 5.96. The van der Waals surface area contributed by atoms with Gasteiger partial charge in [-0.1, -0.05) is 30.3 Å². The van der Waals surface area contributed by atoms with Gasteiger partial charge in [0.1, 0.15) is 12.2 Å². The molecule has 0 amide bonds. The van der Waals surface area contributed by atoms with Gasteiger partial charge in [0, 0.05) is 14.2 Å². The first-order chi connectivity index (χ1) is 12.7. The van der Waals surface area contributed by atoms with Gasteiger partial charge in [0.05, 0.1) is 10.2 Å². The van der Waals surface area contributed by atoms with E-state index in [9.17, 15) is 8.78 Å². The van der Waals surface area contributed by atoms with Crippen molar-refractivity contribution in [1.29, 1.82) is 0 Å². The minimum atomic E-state index is -3.23. The standard InChI is InChI=1S/C19H23F2IO5/c1-17(23-3)18(2,24-4)27-16-15(26-17)13(10-14(22)19(16,20)21)25-11-12-8-6-5-7-9-12/h5-10,13,15-16H,11H2,1-4H3/t13-,15-,16+,17+,18+/m1/s1. The predicted octanol–water partition coefficient (Wildman–Crippen LogP) is 4.05. The summed E-state index contributed by atoms with van der Waals surface area (Å²) >= 11 is 1.62. The Morgan fingerprint density at radius 3 is 2.22 bits per heavy atom. The minimum absolute atomic E-state index is 0.150. The highest BCUT2D eigenvalue weighted by molar-refractivity contribution is 14.1. The van der Waals surface area contributed by atoms with E-state index in [1.54, 1.807) is 29.5 Å². The molecule has 1 heterocycles. The van der Waals surface area contributed by atoms with E-state index in [0.29, 0.717) is 0 Å². The number of benzene rings is 1. The van der Waals surface area contributed by atoms with Crippen LogP contribution in [0.15, 0.2) is 40.0 Å². The summed E-state index contributed by atoms with van der Waals surface area (Å²) in [5, 5.41) is 0. The summed E-state index contributed by atoms with van der Waals surface area (Å²) in [5.74, 6) is -6.12. The molecule has 0 aromatic heterocycles. The fourth-order valence-electron chi connectivity index (χ4n) is 3.23. The monoisotopic (exact) mass is 496 g/mol. The first-order valence-electron chi connectivity index (χ1n) is 8.54. The van der Waals surface area contributed by atoms with Crippen LogP contribution in [0.2, 0.25) is 0 Å². The highest BCUT2D eigenvalue weighted by atomic mass is 127. The highest BCUT2D eigenvalue weighted by Crippen LogP contribution is 2.50. The summed E-state index contributed by atoms with van der Waals surface area (Å²) in [5.41, 5.74) is 0.933. The van der Waals surface area contributed by atoms with Gasteiger partial charge in [0.2, 0.25) is 11.6 Å². The van der Waals surface area contributed by atoms with Gasteiger partial charge in [-0.3, -0.25) is 0 Å². The van der Waals surface area contributed by atoms with Crippen LogP contribution in [0.25, 0.3) is 0 Å². The number of methoxy groups -OCH3 is 2. The second-order valence-corrected chi connectivity index (χ2v) is 7.98. The van der Waals surface area contributed by atoms with Crippen molar-refractivity contribution in [3.05, 3.63) is 45.6 Å². The molecule has 5 atom stereocenters. The molecule has 0 saturated carbocycles. The van der Waals surface area contributed by atoms with Crippen molar-refractivity contribution in [3.63, 3.8) is 0 Å². The van der Waals surface area contributed by atoms with E-state index in [1.165, 1.54) is 27.2 Å². The molecule has 150 valence electrons. The van der Waals surface area contributed by atoms with E-state index in [-0.39, 0.29) is 10.2 Å². The summed E-state index contributed by atoms with van der Waals surface area (Å²) in [6.45, 7) is 3.38. The second kappa shape index (κ2) is 7.64. The number of alkyl halides is 2. The van der Waals surface area contributed by atoms with Crippen LogP contribution in [0.5, 0.6) is 0 Å². The number of hydrogen-bond donors (Lipinski definition) is 0. The van der Waals surface area contributed by atoms with Crippen molar-refractivity contribution in [2.24, 2.45) is 0 Å². The van der Waals surface area contributed by atoms with E-state index < -0.39 is 35.8 Å². The average molecular weight is 496 g/mol. The highest BCUT2D eigenvalue weighted by Gasteiger charge is 2.65. The number of halogens is 3. The largest absolute Gasteiger partial charge is 0.367 e. The lowest BCUT2D eigenvalue weighted by atomic mass is 9.91. The van der Waals surface area contributed by atoms with Crippen LogP contribution in [-0.4, -0.2) is 50.0 Å². The molecule has 8 heteroatoms. The summed E-state index contributed by atoms with van der Waals surface area (Å²) in [4.78, 5) is 0. The molecule has 5 nitrogen and oxygen atoms in total. The molecule has 27 heavy (non-hydrogen) atoms. The number of hydrogen-bond acceptors (Lipinski definition) is 5. The smallest absolute Gasteiger partial charge is 0.306 e. The van der Waals surface area contributed by atoms with Gasteiger partial charge in [-0.05, 0) is 48.1 Å². The molecule has 2 aliphatic rings. The predicted molar refractivity (Wildman–Crippen MR) is 103 cm³/mol. The van der Waals surface area contributed by atoms with E-state index >= 15 is 0 Å². The maximum absolute atomic E-state index is 14.9. The van der Waals surface area contributed by atoms with Crippen molar-refractivity contribution < 1.29 is 32.5 Å². The van der Waals surface area contributed by atoms with Gasteiger partial charge in [0.15, 0.2) is 6.10 Å².